The topological polar surface area (TPSA) is 37.8 Å². The van der Waals surface area contributed by atoms with E-state index in [0.717, 1.165) is 5.56 Å². The highest BCUT2D eigenvalue weighted by atomic mass is 35.5. The van der Waals surface area contributed by atoms with Crippen molar-refractivity contribution < 1.29 is 0 Å². The summed E-state index contributed by atoms with van der Waals surface area (Å²) in [7, 11) is 0. The van der Waals surface area contributed by atoms with E-state index in [4.69, 9.17) is 46.4 Å². The summed E-state index contributed by atoms with van der Waals surface area (Å²) in [5.41, 5.74) is 1.49. The Morgan fingerprint density at radius 2 is 1.72 bits per heavy atom. The predicted octanol–water partition coefficient (Wildman–Crippen LogP) is 5.14. The summed E-state index contributed by atoms with van der Waals surface area (Å²) in [4.78, 5) is 7.73. The van der Waals surface area contributed by atoms with Gasteiger partial charge in [0.1, 0.15) is 5.02 Å². The lowest BCUT2D eigenvalue weighted by Crippen LogP contribution is -1.97. The van der Waals surface area contributed by atoms with Crippen LogP contribution in [0.2, 0.25) is 20.4 Å². The van der Waals surface area contributed by atoms with E-state index in [0.29, 0.717) is 26.6 Å². The Labute approximate surface area is 124 Å². The fourth-order valence-electron chi connectivity index (χ4n) is 1.30. The molecule has 1 N–H and O–H groups in total. The van der Waals surface area contributed by atoms with Crippen LogP contribution >= 0.6 is 46.4 Å². The number of aryl methyl sites for hydroxylation is 1. The van der Waals surface area contributed by atoms with Crippen LogP contribution in [0.25, 0.3) is 0 Å². The molecular weight excluding hydrogens is 316 g/mol. The molecule has 0 spiro atoms. The summed E-state index contributed by atoms with van der Waals surface area (Å²) in [6, 6.07) is 3.45. The molecule has 1 aromatic carbocycles. The van der Waals surface area contributed by atoms with Crippen LogP contribution in [0.3, 0.4) is 0 Å². The molecule has 1 heterocycles. The van der Waals surface area contributed by atoms with Gasteiger partial charge in [0.25, 0.3) is 0 Å². The Balaban J connectivity index is 2.40. The van der Waals surface area contributed by atoms with Gasteiger partial charge in [-0.25, -0.2) is 4.98 Å². The molecule has 3 nitrogen and oxygen atoms in total. The average molecular weight is 323 g/mol. The van der Waals surface area contributed by atoms with Gasteiger partial charge in [0.05, 0.1) is 16.9 Å². The molecule has 0 saturated carbocycles. The largest absolute Gasteiger partial charge is 0.338 e. The van der Waals surface area contributed by atoms with Gasteiger partial charge in [0.15, 0.2) is 5.82 Å². The number of hydrogen-bond donors (Lipinski definition) is 1. The molecule has 0 saturated heterocycles. The van der Waals surface area contributed by atoms with Crippen molar-refractivity contribution >= 4 is 57.9 Å². The second kappa shape index (κ2) is 5.49. The zero-order chi connectivity index (χ0) is 13.3. The first-order valence-corrected chi connectivity index (χ1v) is 6.39. The molecule has 1 aromatic heterocycles. The highest BCUT2D eigenvalue weighted by Gasteiger charge is 2.09. The van der Waals surface area contributed by atoms with Gasteiger partial charge >= 0.3 is 0 Å². The van der Waals surface area contributed by atoms with Crippen LogP contribution in [-0.4, -0.2) is 9.97 Å². The third-order valence-corrected chi connectivity index (χ3v) is 3.39. The van der Waals surface area contributed by atoms with Gasteiger partial charge in [0, 0.05) is 5.02 Å². The number of benzene rings is 1. The fraction of sp³-hybridized carbons (Fsp3) is 0.0909. The monoisotopic (exact) mass is 321 g/mol. The van der Waals surface area contributed by atoms with E-state index in [1.165, 1.54) is 6.20 Å². The van der Waals surface area contributed by atoms with Crippen LogP contribution in [0.15, 0.2) is 18.3 Å². The lowest BCUT2D eigenvalue weighted by Gasteiger charge is -2.10. The maximum absolute atomic E-state index is 6.10. The summed E-state index contributed by atoms with van der Waals surface area (Å²) in [5.74, 6) is 0.374. The number of rotatable bonds is 2. The Bertz CT molecular complexity index is 601. The molecule has 0 atom stereocenters. The first-order chi connectivity index (χ1) is 8.47. The maximum atomic E-state index is 6.10. The first-order valence-electron chi connectivity index (χ1n) is 4.88. The molecule has 18 heavy (non-hydrogen) atoms. The van der Waals surface area contributed by atoms with Crippen molar-refractivity contribution in [1.82, 2.24) is 9.97 Å². The minimum atomic E-state index is 0.0937. The molecule has 2 aromatic rings. The van der Waals surface area contributed by atoms with Crippen molar-refractivity contribution in [3.63, 3.8) is 0 Å². The second-order valence-electron chi connectivity index (χ2n) is 3.54. The third kappa shape index (κ3) is 2.98. The van der Waals surface area contributed by atoms with E-state index < -0.39 is 0 Å². The molecule has 0 unspecified atom stereocenters. The van der Waals surface area contributed by atoms with Gasteiger partial charge in [0.2, 0.25) is 5.28 Å². The van der Waals surface area contributed by atoms with E-state index in [9.17, 15) is 0 Å². The van der Waals surface area contributed by atoms with Crippen LogP contribution in [-0.2, 0) is 0 Å². The van der Waals surface area contributed by atoms with Crippen molar-refractivity contribution in [2.45, 2.75) is 6.92 Å². The minimum Gasteiger partial charge on any atom is -0.338 e. The zero-order valence-electron chi connectivity index (χ0n) is 9.14. The highest BCUT2D eigenvalue weighted by molar-refractivity contribution is 6.36. The normalized spacial score (nSPS) is 10.5. The van der Waals surface area contributed by atoms with Crippen molar-refractivity contribution in [1.29, 1.82) is 0 Å². The first kappa shape index (κ1) is 13.7. The maximum Gasteiger partial charge on any atom is 0.224 e. The fourth-order valence-corrected chi connectivity index (χ4v) is 2.00. The third-order valence-electron chi connectivity index (χ3n) is 2.22. The van der Waals surface area contributed by atoms with Gasteiger partial charge in [-0.1, -0.05) is 34.8 Å². The summed E-state index contributed by atoms with van der Waals surface area (Å²) >= 11 is 23.8. The van der Waals surface area contributed by atoms with E-state index in [1.807, 2.05) is 6.92 Å². The van der Waals surface area contributed by atoms with Crippen LogP contribution in [0.4, 0.5) is 11.5 Å². The summed E-state index contributed by atoms with van der Waals surface area (Å²) in [6.07, 6.45) is 1.41. The van der Waals surface area contributed by atoms with Crippen LogP contribution in [0.5, 0.6) is 0 Å². The molecule has 2 rings (SSSR count). The standard InChI is InChI=1S/C11H7Cl4N3/c1-5-2-7(13)9(3-6(5)12)17-10-8(14)4-16-11(15)18-10/h2-4H,1H3,(H,16,17,18). The van der Waals surface area contributed by atoms with Gasteiger partial charge in [-0.05, 0) is 36.2 Å². The number of nitrogens with one attached hydrogen (secondary N) is 1. The predicted molar refractivity (Wildman–Crippen MR) is 76.5 cm³/mol. The second-order valence-corrected chi connectivity index (χ2v) is 5.10. The van der Waals surface area contributed by atoms with E-state index >= 15 is 0 Å². The molecule has 7 heteroatoms. The molecule has 0 aliphatic heterocycles. The molecule has 94 valence electrons. The molecule has 0 bridgehead atoms. The highest BCUT2D eigenvalue weighted by Crippen LogP contribution is 2.32. The molecule has 0 aliphatic rings. The van der Waals surface area contributed by atoms with Gasteiger partial charge in [-0.2, -0.15) is 4.98 Å². The molecule has 0 fully saturated rings. The van der Waals surface area contributed by atoms with E-state index in [2.05, 4.69) is 15.3 Å². The molecule has 0 radical (unpaired) electrons. The quantitative estimate of drug-likeness (QED) is 0.778. The number of anilines is 2. The van der Waals surface area contributed by atoms with Crippen LogP contribution in [0.1, 0.15) is 5.56 Å². The number of halogens is 4. The van der Waals surface area contributed by atoms with Crippen LogP contribution < -0.4 is 5.32 Å². The zero-order valence-corrected chi connectivity index (χ0v) is 12.2. The number of aromatic nitrogens is 2. The summed E-state index contributed by atoms with van der Waals surface area (Å²) < 4.78 is 0. The van der Waals surface area contributed by atoms with Crippen molar-refractivity contribution in [3.05, 3.63) is 44.2 Å². The average Bonchev–Trinajstić information content (AvgIpc) is 2.30. The molecular formula is C11H7Cl4N3. The molecule has 0 amide bonds. The smallest absolute Gasteiger partial charge is 0.224 e. The Kier molecular flexibility index (Phi) is 4.17. The van der Waals surface area contributed by atoms with Gasteiger partial charge in [-0.3, -0.25) is 0 Å². The van der Waals surface area contributed by atoms with E-state index in [1.54, 1.807) is 12.1 Å². The van der Waals surface area contributed by atoms with Crippen molar-refractivity contribution in [2.24, 2.45) is 0 Å². The number of nitrogens with zero attached hydrogens (tertiary/aromatic N) is 2. The van der Waals surface area contributed by atoms with Crippen molar-refractivity contribution in [3.8, 4) is 0 Å². The summed E-state index contributed by atoms with van der Waals surface area (Å²) in [6.45, 7) is 1.87. The lowest BCUT2D eigenvalue weighted by atomic mass is 10.2. The van der Waals surface area contributed by atoms with E-state index in [-0.39, 0.29) is 5.28 Å². The minimum absolute atomic E-state index is 0.0937. The molecule has 0 aliphatic carbocycles. The lowest BCUT2D eigenvalue weighted by molar-refractivity contribution is 1.17. The van der Waals surface area contributed by atoms with Crippen LogP contribution in [0, 0.1) is 6.92 Å². The number of hydrogen-bond acceptors (Lipinski definition) is 3. The Morgan fingerprint density at radius 1 is 1.00 bits per heavy atom. The van der Waals surface area contributed by atoms with Gasteiger partial charge in [-0.15, -0.1) is 0 Å². The van der Waals surface area contributed by atoms with Crippen molar-refractivity contribution in [2.75, 3.05) is 5.32 Å². The Hall–Kier alpha value is -0.740. The SMILES string of the molecule is Cc1cc(Cl)c(Nc2nc(Cl)ncc2Cl)cc1Cl. The Morgan fingerprint density at radius 3 is 2.44 bits per heavy atom. The summed E-state index contributed by atoms with van der Waals surface area (Å²) in [5, 5.41) is 4.51. The van der Waals surface area contributed by atoms with Gasteiger partial charge < -0.3 is 5.32 Å².